The average molecular weight is 205 g/mol. The number of nitrogens with one attached hydrogen (secondary N) is 1. The zero-order chi connectivity index (χ0) is 10.5. The summed E-state index contributed by atoms with van der Waals surface area (Å²) in [4.78, 5) is 0. The molecule has 0 aliphatic heterocycles. The Morgan fingerprint density at radius 1 is 1.20 bits per heavy atom. The smallest absolute Gasteiger partial charge is 0.0443 e. The second kappa shape index (κ2) is 5.29. The number of hydrogen-bond donors (Lipinski definition) is 2. The Labute approximate surface area is 91.3 Å². The van der Waals surface area contributed by atoms with Crippen molar-refractivity contribution in [1.29, 1.82) is 0 Å². The van der Waals surface area contributed by atoms with Crippen molar-refractivity contribution in [1.82, 2.24) is 5.32 Å². The van der Waals surface area contributed by atoms with Crippen LogP contribution in [0.25, 0.3) is 0 Å². The van der Waals surface area contributed by atoms with Gasteiger partial charge < -0.3 is 10.4 Å². The first-order valence-electron chi connectivity index (χ1n) is 5.80. The third-order valence-electron chi connectivity index (χ3n) is 2.87. The summed E-state index contributed by atoms with van der Waals surface area (Å²) < 4.78 is 0. The van der Waals surface area contributed by atoms with Crippen LogP contribution in [0.2, 0.25) is 0 Å². The normalized spacial score (nSPS) is 15.5. The highest BCUT2D eigenvalue weighted by Crippen LogP contribution is 2.39. The Morgan fingerprint density at radius 2 is 1.93 bits per heavy atom. The zero-order valence-corrected chi connectivity index (χ0v) is 9.08. The van der Waals surface area contributed by atoms with Crippen LogP contribution in [0.1, 0.15) is 36.3 Å². The van der Waals surface area contributed by atoms with Crippen molar-refractivity contribution >= 4 is 0 Å². The summed E-state index contributed by atoms with van der Waals surface area (Å²) >= 11 is 0. The van der Waals surface area contributed by atoms with Gasteiger partial charge in [-0.3, -0.25) is 0 Å². The summed E-state index contributed by atoms with van der Waals surface area (Å²) in [5.41, 5.74) is 2.83. The minimum absolute atomic E-state index is 0.271. The molecule has 1 saturated carbocycles. The van der Waals surface area contributed by atoms with Crippen molar-refractivity contribution in [3.8, 4) is 0 Å². The topological polar surface area (TPSA) is 32.3 Å². The van der Waals surface area contributed by atoms with E-state index in [0.29, 0.717) is 0 Å². The Morgan fingerprint density at radius 3 is 2.53 bits per heavy atom. The van der Waals surface area contributed by atoms with E-state index in [4.69, 9.17) is 5.11 Å². The van der Waals surface area contributed by atoms with Crippen molar-refractivity contribution in [3.63, 3.8) is 0 Å². The minimum Gasteiger partial charge on any atom is -0.396 e. The first-order chi connectivity index (χ1) is 7.40. The standard InChI is InChI=1S/C13H19NO/c15-9-1-8-14-10-11-2-4-12(5-3-11)13-6-7-13/h2-5,13-15H,1,6-10H2. The summed E-state index contributed by atoms with van der Waals surface area (Å²) in [5.74, 6) is 0.849. The van der Waals surface area contributed by atoms with Gasteiger partial charge in [-0.1, -0.05) is 24.3 Å². The van der Waals surface area contributed by atoms with Crippen molar-refractivity contribution in [2.45, 2.75) is 31.7 Å². The van der Waals surface area contributed by atoms with Crippen LogP contribution in [0.15, 0.2) is 24.3 Å². The summed E-state index contributed by atoms with van der Waals surface area (Å²) in [6.45, 7) is 2.07. The maximum absolute atomic E-state index is 8.63. The lowest BCUT2D eigenvalue weighted by molar-refractivity contribution is 0.286. The van der Waals surface area contributed by atoms with Gasteiger partial charge in [-0.05, 0) is 42.9 Å². The lowest BCUT2D eigenvalue weighted by atomic mass is 10.1. The van der Waals surface area contributed by atoms with Gasteiger partial charge in [-0.25, -0.2) is 0 Å². The van der Waals surface area contributed by atoms with Crippen LogP contribution < -0.4 is 5.32 Å². The van der Waals surface area contributed by atoms with Crippen LogP contribution in [0.3, 0.4) is 0 Å². The summed E-state index contributed by atoms with van der Waals surface area (Å²) in [6.07, 6.45) is 3.57. The molecule has 82 valence electrons. The molecule has 1 aliphatic carbocycles. The van der Waals surface area contributed by atoms with Gasteiger partial charge in [0.2, 0.25) is 0 Å². The Balaban J connectivity index is 1.76. The monoisotopic (exact) mass is 205 g/mol. The second-order valence-electron chi connectivity index (χ2n) is 4.27. The van der Waals surface area contributed by atoms with Gasteiger partial charge in [-0.15, -0.1) is 0 Å². The van der Waals surface area contributed by atoms with Crippen LogP contribution in [0, 0.1) is 0 Å². The van der Waals surface area contributed by atoms with Crippen LogP contribution in [0.4, 0.5) is 0 Å². The molecule has 2 nitrogen and oxygen atoms in total. The van der Waals surface area contributed by atoms with E-state index in [0.717, 1.165) is 25.4 Å². The molecule has 0 spiro atoms. The highest BCUT2D eigenvalue weighted by atomic mass is 16.3. The summed E-state index contributed by atoms with van der Waals surface area (Å²) in [5, 5.41) is 11.9. The lowest BCUT2D eigenvalue weighted by Gasteiger charge is -2.05. The maximum Gasteiger partial charge on any atom is 0.0443 e. The summed E-state index contributed by atoms with van der Waals surface area (Å²) in [7, 11) is 0. The van der Waals surface area contributed by atoms with Gasteiger partial charge in [0.05, 0.1) is 0 Å². The Kier molecular flexibility index (Phi) is 3.75. The molecular formula is C13H19NO. The van der Waals surface area contributed by atoms with E-state index >= 15 is 0 Å². The van der Waals surface area contributed by atoms with E-state index in [1.54, 1.807) is 0 Å². The molecule has 2 N–H and O–H groups in total. The van der Waals surface area contributed by atoms with Gasteiger partial charge >= 0.3 is 0 Å². The molecular weight excluding hydrogens is 186 g/mol. The van der Waals surface area contributed by atoms with Crippen LogP contribution >= 0.6 is 0 Å². The van der Waals surface area contributed by atoms with E-state index in [9.17, 15) is 0 Å². The third kappa shape index (κ3) is 3.33. The Bertz CT molecular complexity index is 290. The first kappa shape index (κ1) is 10.7. The Hall–Kier alpha value is -0.860. The molecule has 0 amide bonds. The van der Waals surface area contributed by atoms with Crippen LogP contribution in [-0.4, -0.2) is 18.3 Å². The highest BCUT2D eigenvalue weighted by Gasteiger charge is 2.22. The first-order valence-corrected chi connectivity index (χ1v) is 5.80. The molecule has 2 rings (SSSR count). The predicted molar refractivity (Wildman–Crippen MR) is 61.8 cm³/mol. The number of benzene rings is 1. The molecule has 0 unspecified atom stereocenters. The largest absolute Gasteiger partial charge is 0.396 e. The molecule has 1 aromatic rings. The fraction of sp³-hybridized carbons (Fsp3) is 0.538. The minimum atomic E-state index is 0.271. The fourth-order valence-corrected chi connectivity index (χ4v) is 1.76. The van der Waals surface area contributed by atoms with Gasteiger partial charge in [0.15, 0.2) is 0 Å². The molecule has 0 atom stereocenters. The zero-order valence-electron chi connectivity index (χ0n) is 9.08. The van der Waals surface area contributed by atoms with E-state index in [1.165, 1.54) is 24.0 Å². The molecule has 0 bridgehead atoms. The average Bonchev–Trinajstić information content (AvgIpc) is 3.09. The molecule has 0 aromatic heterocycles. The molecule has 0 heterocycles. The highest BCUT2D eigenvalue weighted by molar-refractivity contribution is 5.27. The molecule has 1 fully saturated rings. The third-order valence-corrected chi connectivity index (χ3v) is 2.87. The molecule has 15 heavy (non-hydrogen) atoms. The molecule has 1 aliphatic rings. The quantitative estimate of drug-likeness (QED) is 0.696. The van der Waals surface area contributed by atoms with Crippen LogP contribution in [0.5, 0.6) is 0 Å². The van der Waals surface area contributed by atoms with E-state index in [2.05, 4.69) is 29.6 Å². The van der Waals surface area contributed by atoms with Crippen molar-refractivity contribution in [2.75, 3.05) is 13.2 Å². The molecule has 0 radical (unpaired) electrons. The van der Waals surface area contributed by atoms with E-state index in [1.807, 2.05) is 0 Å². The van der Waals surface area contributed by atoms with Crippen molar-refractivity contribution in [2.24, 2.45) is 0 Å². The van der Waals surface area contributed by atoms with Gasteiger partial charge in [0, 0.05) is 13.2 Å². The van der Waals surface area contributed by atoms with Gasteiger partial charge in [-0.2, -0.15) is 0 Å². The number of aliphatic hydroxyl groups is 1. The van der Waals surface area contributed by atoms with E-state index in [-0.39, 0.29) is 6.61 Å². The number of rotatable bonds is 6. The molecule has 1 aromatic carbocycles. The number of hydrogen-bond acceptors (Lipinski definition) is 2. The number of aliphatic hydroxyl groups excluding tert-OH is 1. The van der Waals surface area contributed by atoms with Gasteiger partial charge in [0.1, 0.15) is 0 Å². The summed E-state index contributed by atoms with van der Waals surface area (Å²) in [6, 6.07) is 8.92. The SMILES string of the molecule is OCCCNCc1ccc(C2CC2)cc1. The fourth-order valence-electron chi connectivity index (χ4n) is 1.76. The second-order valence-corrected chi connectivity index (χ2v) is 4.27. The molecule has 0 saturated heterocycles. The predicted octanol–water partition coefficient (Wildman–Crippen LogP) is 2.04. The molecule has 2 heteroatoms. The van der Waals surface area contributed by atoms with Crippen LogP contribution in [-0.2, 0) is 6.54 Å². The maximum atomic E-state index is 8.63. The van der Waals surface area contributed by atoms with Crippen molar-refractivity contribution < 1.29 is 5.11 Å². The van der Waals surface area contributed by atoms with E-state index < -0.39 is 0 Å². The lowest BCUT2D eigenvalue weighted by Crippen LogP contribution is -2.15. The van der Waals surface area contributed by atoms with Crippen molar-refractivity contribution in [3.05, 3.63) is 35.4 Å². The van der Waals surface area contributed by atoms with Gasteiger partial charge in [0.25, 0.3) is 0 Å².